The highest BCUT2D eigenvalue weighted by Crippen LogP contribution is 2.42. The summed E-state index contributed by atoms with van der Waals surface area (Å²) in [5, 5.41) is 25.3. The maximum Gasteiger partial charge on any atom is 0.150 e. The highest BCUT2D eigenvalue weighted by Gasteiger charge is 2.26. The van der Waals surface area contributed by atoms with Crippen LogP contribution in [-0.4, -0.2) is 66.0 Å². The van der Waals surface area contributed by atoms with E-state index in [1.54, 1.807) is 18.7 Å². The Balaban J connectivity index is 1.38. The minimum atomic E-state index is -0.216. The van der Waals surface area contributed by atoms with Gasteiger partial charge in [-0.3, -0.25) is 35.2 Å². The van der Waals surface area contributed by atoms with Gasteiger partial charge in [-0.2, -0.15) is 5.10 Å². The molecule has 0 aliphatic carbocycles. The fourth-order valence-corrected chi connectivity index (χ4v) is 8.30. The van der Waals surface area contributed by atoms with Crippen molar-refractivity contribution in [3.63, 3.8) is 0 Å². The Hall–Kier alpha value is -4.62. The summed E-state index contributed by atoms with van der Waals surface area (Å²) >= 11 is 7.66. The van der Waals surface area contributed by atoms with Gasteiger partial charge in [0.25, 0.3) is 0 Å². The number of nitrogens with zero attached hydrogens (tertiary/aromatic N) is 4. The number of benzene rings is 2. The number of aryl methyl sites for hydroxylation is 1. The first-order valence-corrected chi connectivity index (χ1v) is 20.2. The first-order chi connectivity index (χ1) is 26.2. The van der Waals surface area contributed by atoms with E-state index in [1.165, 1.54) is 11.3 Å². The first kappa shape index (κ1) is 43.1. The monoisotopic (exact) mass is 778 g/mol. The predicted octanol–water partition coefficient (Wildman–Crippen LogP) is 10.2. The van der Waals surface area contributed by atoms with Crippen LogP contribution in [0, 0.1) is 35.5 Å². The number of anilines is 1. The number of unbranched alkanes of at least 4 members (excludes halogenated alkanes) is 2. The standard InChI is InChI=1S/C45H55ClN6O2S/c1-9-43(48)52(34(7)47)45-44(31(4)36-19-21-39(46)22-20-36)32(5)42(55-45)24-18-35-26-49-51(27-35)25-12-10-11-14-37-15-13-16-38(29-53)40(37)28-50(8)41(33(6)54)23-17-30(2)3/h13,15-16,19-22,26,29,35,41,47-48H,2,4,9-12,14,17,23,25,27-28H2,1,3,5-8H3. The normalized spacial score (nSPS) is 14.0. The van der Waals surface area contributed by atoms with Crippen molar-refractivity contribution in [3.8, 4) is 11.8 Å². The molecule has 2 heterocycles. The summed E-state index contributed by atoms with van der Waals surface area (Å²) in [6, 6.07) is 13.3. The second-order valence-electron chi connectivity index (χ2n) is 14.4. The molecule has 0 saturated carbocycles. The molecular weight excluding hydrogens is 724 g/mol. The van der Waals surface area contributed by atoms with E-state index in [0.717, 1.165) is 107 Å². The predicted molar refractivity (Wildman–Crippen MR) is 232 cm³/mol. The molecule has 2 unspecified atom stereocenters. The van der Waals surface area contributed by atoms with Crippen LogP contribution in [0.3, 0.4) is 0 Å². The number of Topliss-reactive ketones (excluding diaryl/α,β-unsaturated/α-hetero) is 1. The number of amidine groups is 2. The van der Waals surface area contributed by atoms with E-state index >= 15 is 0 Å². The van der Waals surface area contributed by atoms with E-state index in [9.17, 15) is 9.59 Å². The lowest BCUT2D eigenvalue weighted by Crippen LogP contribution is -2.37. The van der Waals surface area contributed by atoms with Gasteiger partial charge in [0, 0.05) is 41.9 Å². The fraction of sp³-hybridized carbons (Fsp3) is 0.400. The van der Waals surface area contributed by atoms with Crippen LogP contribution in [0.25, 0.3) is 5.57 Å². The first-order valence-electron chi connectivity index (χ1n) is 19.0. The summed E-state index contributed by atoms with van der Waals surface area (Å²) in [4.78, 5) is 29.2. The van der Waals surface area contributed by atoms with Crippen LogP contribution in [-0.2, 0) is 17.8 Å². The number of carbonyl (C=O) groups is 2. The molecule has 55 heavy (non-hydrogen) atoms. The number of allylic oxidation sites excluding steroid dienone is 1. The maximum absolute atomic E-state index is 12.5. The highest BCUT2D eigenvalue weighted by molar-refractivity contribution is 7.17. The number of thiophene rings is 1. The molecule has 0 saturated heterocycles. The summed E-state index contributed by atoms with van der Waals surface area (Å²) < 4.78 is 0. The number of rotatable bonds is 18. The highest BCUT2D eigenvalue weighted by atomic mass is 35.5. The zero-order valence-electron chi connectivity index (χ0n) is 33.2. The fourth-order valence-electron chi connectivity index (χ4n) is 6.90. The zero-order chi connectivity index (χ0) is 40.2. The Morgan fingerprint density at radius 3 is 2.49 bits per heavy atom. The Morgan fingerprint density at radius 1 is 1.13 bits per heavy atom. The summed E-state index contributed by atoms with van der Waals surface area (Å²) in [7, 11) is 1.97. The summed E-state index contributed by atoms with van der Waals surface area (Å²) in [5.41, 5.74) is 7.49. The second-order valence-corrected chi connectivity index (χ2v) is 15.9. The molecule has 2 aromatic carbocycles. The molecular formula is C45H55ClN6O2S. The van der Waals surface area contributed by atoms with Crippen LogP contribution in [0.2, 0.25) is 5.02 Å². The number of likely N-dealkylation sites (N-methyl/N-ethyl adjacent to an activating group) is 1. The van der Waals surface area contributed by atoms with Crippen molar-refractivity contribution in [1.82, 2.24) is 9.91 Å². The van der Waals surface area contributed by atoms with Crippen LogP contribution >= 0.6 is 22.9 Å². The number of hydrogen-bond acceptors (Lipinski definition) is 8. The summed E-state index contributed by atoms with van der Waals surface area (Å²) in [5.74, 6) is 7.58. The Bertz CT molecular complexity index is 2000. The van der Waals surface area contributed by atoms with Gasteiger partial charge < -0.3 is 0 Å². The minimum Gasteiger partial charge on any atom is -0.298 e. The van der Waals surface area contributed by atoms with Gasteiger partial charge in [0.15, 0.2) is 0 Å². The number of hydrogen-bond donors (Lipinski definition) is 2. The van der Waals surface area contributed by atoms with Gasteiger partial charge in [-0.15, -0.1) is 17.9 Å². The summed E-state index contributed by atoms with van der Waals surface area (Å²) in [6.45, 7) is 19.8. The molecule has 0 spiro atoms. The molecule has 290 valence electrons. The molecule has 4 rings (SSSR count). The maximum atomic E-state index is 12.5. The van der Waals surface area contributed by atoms with Gasteiger partial charge in [-0.25, -0.2) is 0 Å². The van der Waals surface area contributed by atoms with E-state index in [0.29, 0.717) is 29.4 Å². The van der Waals surface area contributed by atoms with E-state index in [2.05, 4.69) is 46.1 Å². The summed E-state index contributed by atoms with van der Waals surface area (Å²) in [6.07, 6.45) is 8.69. The van der Waals surface area contributed by atoms with Crippen molar-refractivity contribution in [1.29, 1.82) is 10.8 Å². The number of aldehydes is 1. The van der Waals surface area contributed by atoms with Crippen molar-refractivity contribution >= 4 is 63.5 Å². The Kier molecular flexibility index (Phi) is 15.9. The Labute approximate surface area is 337 Å². The molecule has 2 N–H and O–H groups in total. The van der Waals surface area contributed by atoms with Crippen LogP contribution in [0.5, 0.6) is 0 Å². The third-order valence-corrected chi connectivity index (χ3v) is 11.5. The average molecular weight is 779 g/mol. The minimum absolute atomic E-state index is 0.0118. The van der Waals surface area contributed by atoms with Gasteiger partial charge in [-0.05, 0) is 107 Å². The molecule has 0 radical (unpaired) electrons. The third-order valence-electron chi connectivity index (χ3n) is 10.0. The molecule has 0 amide bonds. The average Bonchev–Trinajstić information content (AvgIpc) is 3.73. The smallest absolute Gasteiger partial charge is 0.150 e. The molecule has 0 bridgehead atoms. The number of halogens is 1. The zero-order valence-corrected chi connectivity index (χ0v) is 34.8. The van der Waals surface area contributed by atoms with E-state index in [-0.39, 0.29) is 23.6 Å². The van der Waals surface area contributed by atoms with Crippen molar-refractivity contribution in [3.05, 3.63) is 104 Å². The lowest BCUT2D eigenvalue weighted by Gasteiger charge is -2.27. The lowest BCUT2D eigenvalue weighted by atomic mass is 9.95. The number of nitrogens with one attached hydrogen (secondary N) is 2. The van der Waals surface area contributed by atoms with Crippen LogP contribution in [0.4, 0.5) is 5.00 Å². The molecule has 0 fully saturated rings. The molecule has 1 aliphatic rings. The van der Waals surface area contributed by atoms with Crippen molar-refractivity contribution in [2.45, 2.75) is 92.2 Å². The lowest BCUT2D eigenvalue weighted by molar-refractivity contribution is -0.122. The Morgan fingerprint density at radius 2 is 1.85 bits per heavy atom. The molecule has 2 atom stereocenters. The molecule has 10 heteroatoms. The van der Waals surface area contributed by atoms with Crippen LogP contribution in [0.15, 0.2) is 66.3 Å². The molecule has 1 aromatic heterocycles. The van der Waals surface area contributed by atoms with Crippen LogP contribution in [0.1, 0.15) is 109 Å². The third kappa shape index (κ3) is 11.5. The molecule has 3 aromatic rings. The van der Waals surface area contributed by atoms with E-state index in [1.807, 2.05) is 70.4 Å². The number of hydrazone groups is 1. The number of ketones is 1. The largest absolute Gasteiger partial charge is 0.298 e. The quantitative estimate of drug-likeness (QED) is 0.0334. The SMILES string of the molecule is C=C(C)CCC(C(C)=O)N(C)Cc1c(C=O)cccc1CCCCCN1CC(C#Cc2sc(N(C(C)=N)C(=N)CC)c(C(=C)c3ccc(Cl)cc3)c2C)C=N1. The van der Waals surface area contributed by atoms with Crippen molar-refractivity contribution in [2.75, 3.05) is 25.0 Å². The molecule has 1 aliphatic heterocycles. The van der Waals surface area contributed by atoms with Crippen molar-refractivity contribution in [2.24, 2.45) is 11.0 Å². The molecule has 8 nitrogen and oxygen atoms in total. The second kappa shape index (κ2) is 20.3. The van der Waals surface area contributed by atoms with Gasteiger partial charge >= 0.3 is 0 Å². The van der Waals surface area contributed by atoms with Gasteiger partial charge in [0.05, 0.1) is 23.4 Å². The van der Waals surface area contributed by atoms with Crippen molar-refractivity contribution < 1.29 is 9.59 Å². The van der Waals surface area contributed by atoms with Crippen LogP contribution < -0.4 is 4.90 Å². The topological polar surface area (TPSA) is 104 Å². The van der Waals surface area contributed by atoms with Gasteiger partial charge in [-0.1, -0.05) is 79.3 Å². The van der Waals surface area contributed by atoms with Gasteiger partial charge in [0.1, 0.15) is 28.7 Å². The number of carbonyl (C=O) groups excluding carboxylic acids is 2. The van der Waals surface area contributed by atoms with E-state index in [4.69, 9.17) is 22.4 Å². The van der Waals surface area contributed by atoms with Gasteiger partial charge in [0.2, 0.25) is 0 Å². The van der Waals surface area contributed by atoms with E-state index < -0.39 is 0 Å².